The van der Waals surface area contributed by atoms with Crippen molar-refractivity contribution in [1.82, 2.24) is 9.55 Å². The minimum absolute atomic E-state index is 0.232. The van der Waals surface area contributed by atoms with E-state index < -0.39 is 0 Å². The molecule has 3 heteroatoms. The van der Waals surface area contributed by atoms with Gasteiger partial charge >= 0.3 is 0 Å². The number of methoxy groups -OCH3 is 1. The number of para-hydroxylation sites is 2. The van der Waals surface area contributed by atoms with Crippen molar-refractivity contribution in [2.75, 3.05) is 7.11 Å². The van der Waals surface area contributed by atoms with Gasteiger partial charge in [0.2, 0.25) is 0 Å². The fourth-order valence-corrected chi connectivity index (χ4v) is 5.91. The lowest BCUT2D eigenvalue weighted by molar-refractivity contribution is 0.415. The lowest BCUT2D eigenvalue weighted by Crippen LogP contribution is -2.09. The maximum absolute atomic E-state index is 5.41. The first-order chi connectivity index (χ1) is 19.2. The minimum atomic E-state index is 0.232. The Kier molecular flexibility index (Phi) is 11.7. The summed E-state index contributed by atoms with van der Waals surface area (Å²) in [6.07, 6.45) is 19.5. The van der Waals surface area contributed by atoms with Crippen molar-refractivity contribution in [3.05, 3.63) is 72.1 Å². The van der Waals surface area contributed by atoms with Crippen molar-refractivity contribution in [3.8, 4) is 5.75 Å². The van der Waals surface area contributed by atoms with E-state index in [1.54, 1.807) is 7.11 Å². The molecule has 0 aliphatic carbocycles. The Bertz CT molecular complexity index is 1270. The number of aryl methyl sites for hydroxylation is 1. The Morgan fingerprint density at radius 2 is 1.28 bits per heavy atom. The third-order valence-corrected chi connectivity index (χ3v) is 8.38. The van der Waals surface area contributed by atoms with Crippen molar-refractivity contribution < 1.29 is 4.74 Å². The lowest BCUT2D eigenvalue weighted by Gasteiger charge is -2.16. The van der Waals surface area contributed by atoms with Crippen molar-refractivity contribution in [2.45, 2.75) is 116 Å². The van der Waals surface area contributed by atoms with Gasteiger partial charge in [-0.3, -0.25) is 0 Å². The molecule has 0 bridgehead atoms. The lowest BCUT2D eigenvalue weighted by atomic mass is 9.97. The average Bonchev–Trinajstić information content (AvgIpc) is 3.34. The minimum Gasteiger partial charge on any atom is -0.497 e. The maximum atomic E-state index is 5.41. The van der Waals surface area contributed by atoms with Crippen molar-refractivity contribution in [1.29, 1.82) is 0 Å². The molecule has 4 rings (SSSR count). The molecule has 39 heavy (non-hydrogen) atoms. The van der Waals surface area contributed by atoms with Crippen LogP contribution in [-0.2, 0) is 6.54 Å². The fourth-order valence-electron chi connectivity index (χ4n) is 5.91. The van der Waals surface area contributed by atoms with Gasteiger partial charge in [-0.1, -0.05) is 134 Å². The van der Waals surface area contributed by atoms with Gasteiger partial charge in [-0.05, 0) is 47.0 Å². The zero-order valence-electron chi connectivity index (χ0n) is 24.8. The first-order valence-electron chi connectivity index (χ1n) is 15.7. The van der Waals surface area contributed by atoms with Crippen LogP contribution in [0.25, 0.3) is 21.8 Å². The van der Waals surface area contributed by atoms with Gasteiger partial charge in [0, 0.05) is 12.5 Å². The molecule has 0 N–H and O–H groups in total. The normalized spacial score (nSPS) is 12.4. The monoisotopic (exact) mass is 526 g/mol. The van der Waals surface area contributed by atoms with Crippen LogP contribution >= 0.6 is 0 Å². The standard InChI is InChI=1S/C36H50N2O/c1-4-5-6-7-8-9-10-11-12-13-14-15-16-19-26-38-35-21-18-17-20-34(35)37-36(38)29(2)30-22-23-32-28-33(39-3)25-24-31(32)27-30/h17-18,20-25,27-29H,4-16,19,26H2,1-3H3. The number of unbranched alkanes of at least 4 members (excludes halogenated alkanes) is 13. The van der Waals surface area contributed by atoms with Gasteiger partial charge in [0.05, 0.1) is 18.1 Å². The van der Waals surface area contributed by atoms with Gasteiger partial charge in [0.15, 0.2) is 0 Å². The molecule has 1 heterocycles. The van der Waals surface area contributed by atoms with E-state index in [4.69, 9.17) is 9.72 Å². The number of fused-ring (bicyclic) bond motifs is 2. The van der Waals surface area contributed by atoms with Gasteiger partial charge in [-0.15, -0.1) is 0 Å². The summed E-state index contributed by atoms with van der Waals surface area (Å²) in [4.78, 5) is 5.12. The Morgan fingerprint density at radius 1 is 0.692 bits per heavy atom. The number of hydrogen-bond acceptors (Lipinski definition) is 2. The molecule has 0 spiro atoms. The number of aromatic nitrogens is 2. The second-order valence-corrected chi connectivity index (χ2v) is 11.4. The second-order valence-electron chi connectivity index (χ2n) is 11.4. The summed E-state index contributed by atoms with van der Waals surface area (Å²) in [5, 5.41) is 2.45. The van der Waals surface area contributed by atoms with Crippen LogP contribution in [0.2, 0.25) is 0 Å². The maximum Gasteiger partial charge on any atom is 0.119 e. The van der Waals surface area contributed by atoms with Crippen LogP contribution < -0.4 is 4.74 Å². The predicted molar refractivity (Wildman–Crippen MR) is 168 cm³/mol. The molecule has 1 aromatic heterocycles. The van der Waals surface area contributed by atoms with E-state index in [-0.39, 0.29) is 5.92 Å². The molecule has 1 atom stereocenters. The molecule has 0 aliphatic heterocycles. The highest BCUT2D eigenvalue weighted by atomic mass is 16.5. The molecule has 3 aromatic carbocycles. The first-order valence-corrected chi connectivity index (χ1v) is 15.7. The molecule has 4 aromatic rings. The largest absolute Gasteiger partial charge is 0.497 e. The van der Waals surface area contributed by atoms with Crippen LogP contribution in [-0.4, -0.2) is 16.7 Å². The average molecular weight is 527 g/mol. The Labute approximate surface area is 237 Å². The van der Waals surface area contributed by atoms with Gasteiger partial charge in [0.1, 0.15) is 11.6 Å². The topological polar surface area (TPSA) is 27.1 Å². The molecule has 210 valence electrons. The molecule has 0 saturated heterocycles. The molecule has 0 fully saturated rings. The van der Waals surface area contributed by atoms with Gasteiger partial charge < -0.3 is 9.30 Å². The van der Waals surface area contributed by atoms with Crippen LogP contribution in [0, 0.1) is 0 Å². The quantitative estimate of drug-likeness (QED) is 0.121. The smallest absolute Gasteiger partial charge is 0.119 e. The molecule has 1 unspecified atom stereocenters. The SMILES string of the molecule is CCCCCCCCCCCCCCCCn1c(C(C)c2ccc3cc(OC)ccc3c2)nc2ccccc21. The van der Waals surface area contributed by atoms with Crippen LogP contribution in [0.1, 0.15) is 121 Å². The third-order valence-electron chi connectivity index (χ3n) is 8.38. The van der Waals surface area contributed by atoms with E-state index >= 15 is 0 Å². The van der Waals surface area contributed by atoms with Crippen LogP contribution in [0.5, 0.6) is 5.75 Å². The summed E-state index contributed by atoms with van der Waals surface area (Å²) >= 11 is 0. The first kappa shape index (κ1) is 29.2. The summed E-state index contributed by atoms with van der Waals surface area (Å²) in [6, 6.07) is 21.7. The van der Waals surface area contributed by atoms with E-state index in [1.807, 2.05) is 6.07 Å². The molecule has 0 aliphatic rings. The molecule has 0 radical (unpaired) electrons. The summed E-state index contributed by atoms with van der Waals surface area (Å²) in [6.45, 7) is 5.64. The van der Waals surface area contributed by atoms with Gasteiger partial charge in [-0.25, -0.2) is 4.98 Å². The Balaban J connectivity index is 1.27. The Hall–Kier alpha value is -2.81. The van der Waals surface area contributed by atoms with Crippen LogP contribution in [0.3, 0.4) is 0 Å². The highest BCUT2D eigenvalue weighted by Crippen LogP contribution is 2.31. The van der Waals surface area contributed by atoms with Gasteiger partial charge in [0.25, 0.3) is 0 Å². The number of benzene rings is 3. The van der Waals surface area contributed by atoms with E-state index in [9.17, 15) is 0 Å². The molecule has 0 saturated carbocycles. The Morgan fingerprint density at radius 3 is 1.95 bits per heavy atom. The summed E-state index contributed by atoms with van der Waals surface area (Å²) in [7, 11) is 1.72. The van der Waals surface area contributed by atoms with E-state index in [0.717, 1.165) is 17.8 Å². The number of nitrogens with zero attached hydrogens (tertiary/aromatic N) is 2. The third kappa shape index (κ3) is 8.34. The van der Waals surface area contributed by atoms with E-state index in [1.165, 1.54) is 118 Å². The van der Waals surface area contributed by atoms with Crippen molar-refractivity contribution >= 4 is 21.8 Å². The number of hydrogen-bond donors (Lipinski definition) is 0. The molecule has 3 nitrogen and oxygen atoms in total. The summed E-state index contributed by atoms with van der Waals surface area (Å²) in [5.74, 6) is 2.31. The summed E-state index contributed by atoms with van der Waals surface area (Å²) in [5.41, 5.74) is 3.68. The van der Waals surface area contributed by atoms with Gasteiger partial charge in [-0.2, -0.15) is 0 Å². The van der Waals surface area contributed by atoms with E-state index in [2.05, 4.69) is 73.0 Å². The highest BCUT2D eigenvalue weighted by Gasteiger charge is 2.18. The molecule has 0 amide bonds. The van der Waals surface area contributed by atoms with Crippen molar-refractivity contribution in [2.24, 2.45) is 0 Å². The highest BCUT2D eigenvalue weighted by molar-refractivity contribution is 5.85. The summed E-state index contributed by atoms with van der Waals surface area (Å²) < 4.78 is 7.89. The number of rotatable bonds is 18. The zero-order valence-corrected chi connectivity index (χ0v) is 24.8. The van der Waals surface area contributed by atoms with Crippen LogP contribution in [0.15, 0.2) is 60.7 Å². The zero-order chi connectivity index (χ0) is 27.3. The molecular formula is C36H50N2O. The predicted octanol–water partition coefficient (Wildman–Crippen LogP) is 10.8. The van der Waals surface area contributed by atoms with Crippen LogP contribution in [0.4, 0.5) is 0 Å². The van der Waals surface area contributed by atoms with Crippen molar-refractivity contribution in [3.63, 3.8) is 0 Å². The van der Waals surface area contributed by atoms with E-state index in [0.29, 0.717) is 0 Å². The molecular weight excluding hydrogens is 476 g/mol. The second kappa shape index (κ2) is 15.7. The fraction of sp³-hybridized carbons (Fsp3) is 0.528. The number of imidazole rings is 1. The number of ether oxygens (including phenoxy) is 1.